The Bertz CT molecular complexity index is 447. The maximum absolute atomic E-state index is 10.4. The normalized spacial score (nSPS) is 27.5. The van der Waals surface area contributed by atoms with Gasteiger partial charge in [-0.25, -0.2) is 0 Å². The molecule has 126 valence electrons. The minimum absolute atomic E-state index is 0. The van der Waals surface area contributed by atoms with Crippen LogP contribution >= 0.6 is 12.4 Å². The van der Waals surface area contributed by atoms with Crippen molar-refractivity contribution in [3.05, 3.63) is 18.0 Å². The lowest BCUT2D eigenvalue weighted by Crippen LogP contribution is -2.40. The molecule has 3 rings (SSSR count). The zero-order chi connectivity index (χ0) is 14.7. The van der Waals surface area contributed by atoms with Gasteiger partial charge in [0.15, 0.2) is 0 Å². The largest absolute Gasteiger partial charge is 0.388 e. The van der Waals surface area contributed by atoms with Crippen LogP contribution in [0.1, 0.15) is 43.8 Å². The molecule has 3 atom stereocenters. The molecule has 22 heavy (non-hydrogen) atoms. The van der Waals surface area contributed by atoms with Crippen molar-refractivity contribution < 1.29 is 5.11 Å². The molecule has 1 aromatic heterocycles. The highest BCUT2D eigenvalue weighted by Gasteiger charge is 2.29. The topological polar surface area (TPSA) is 53.3 Å². The summed E-state index contributed by atoms with van der Waals surface area (Å²) in [7, 11) is 1.90. The lowest BCUT2D eigenvalue weighted by Gasteiger charge is -2.32. The maximum atomic E-state index is 10.4. The second kappa shape index (κ2) is 8.29. The van der Waals surface area contributed by atoms with Gasteiger partial charge in [0.05, 0.1) is 12.3 Å². The van der Waals surface area contributed by atoms with Crippen LogP contribution in [-0.4, -0.2) is 52.0 Å². The summed E-state index contributed by atoms with van der Waals surface area (Å²) in [4.78, 5) is 2.61. The van der Waals surface area contributed by atoms with Gasteiger partial charge in [-0.15, -0.1) is 12.4 Å². The number of likely N-dealkylation sites (tertiary alicyclic amines) is 1. The minimum Gasteiger partial charge on any atom is -0.388 e. The zero-order valence-corrected chi connectivity index (χ0v) is 14.3. The molecule has 3 unspecified atom stereocenters. The van der Waals surface area contributed by atoms with Gasteiger partial charge < -0.3 is 10.4 Å². The highest BCUT2D eigenvalue weighted by Crippen LogP contribution is 2.28. The predicted molar refractivity (Wildman–Crippen MR) is 90.2 cm³/mol. The van der Waals surface area contributed by atoms with E-state index in [4.69, 9.17) is 0 Å². The maximum Gasteiger partial charge on any atom is 0.0835 e. The highest BCUT2D eigenvalue weighted by molar-refractivity contribution is 5.85. The van der Waals surface area contributed by atoms with Crippen LogP contribution in [0.4, 0.5) is 0 Å². The van der Waals surface area contributed by atoms with Crippen LogP contribution in [0, 0.1) is 5.92 Å². The van der Waals surface area contributed by atoms with Gasteiger partial charge in [0.25, 0.3) is 0 Å². The second-order valence-electron chi connectivity index (χ2n) is 6.70. The Hall–Kier alpha value is -0.620. The van der Waals surface area contributed by atoms with Crippen LogP contribution in [0.25, 0.3) is 0 Å². The lowest BCUT2D eigenvalue weighted by atomic mass is 9.97. The molecule has 0 spiro atoms. The molecule has 5 nitrogen and oxygen atoms in total. The monoisotopic (exact) mass is 328 g/mol. The Morgan fingerprint density at radius 2 is 2.27 bits per heavy atom. The molecular formula is C16H29ClN4O. The number of halogens is 1. The Morgan fingerprint density at radius 3 is 2.95 bits per heavy atom. The molecule has 6 heteroatoms. The van der Waals surface area contributed by atoms with E-state index in [-0.39, 0.29) is 18.5 Å². The molecule has 2 N–H and O–H groups in total. The Balaban J connectivity index is 0.00000176. The SMILES string of the molecule is Cl.Cn1cc(C(O)CC2CCCN2CC2CCCNC2)cn1. The van der Waals surface area contributed by atoms with Gasteiger partial charge >= 0.3 is 0 Å². The fourth-order valence-electron chi connectivity index (χ4n) is 3.82. The number of aliphatic hydroxyl groups is 1. The molecule has 0 amide bonds. The summed E-state index contributed by atoms with van der Waals surface area (Å²) in [6.45, 7) is 4.73. The number of aliphatic hydroxyl groups excluding tert-OH is 1. The van der Waals surface area contributed by atoms with Crippen molar-refractivity contribution in [2.24, 2.45) is 13.0 Å². The van der Waals surface area contributed by atoms with Crippen molar-refractivity contribution in [2.45, 2.75) is 44.2 Å². The van der Waals surface area contributed by atoms with E-state index in [1.54, 1.807) is 10.9 Å². The summed E-state index contributed by atoms with van der Waals surface area (Å²) in [6, 6.07) is 0.530. The first-order chi connectivity index (χ1) is 10.2. The zero-order valence-electron chi connectivity index (χ0n) is 13.4. The van der Waals surface area contributed by atoms with Crippen LogP contribution in [0.5, 0.6) is 0 Å². The molecule has 2 saturated heterocycles. The van der Waals surface area contributed by atoms with Gasteiger partial charge in [-0.2, -0.15) is 5.10 Å². The standard InChI is InChI=1S/C16H28N4O.ClH/c1-19-12-14(10-18-19)16(21)8-15-5-3-7-20(15)11-13-4-2-6-17-9-13;/h10,12-13,15-17,21H,2-9,11H2,1H3;1H. The number of hydrogen-bond acceptors (Lipinski definition) is 4. The summed E-state index contributed by atoms with van der Waals surface area (Å²) in [5.74, 6) is 0.787. The molecule has 2 fully saturated rings. The smallest absolute Gasteiger partial charge is 0.0835 e. The number of nitrogens with zero attached hydrogens (tertiary/aromatic N) is 3. The molecule has 0 aromatic carbocycles. The van der Waals surface area contributed by atoms with Crippen molar-refractivity contribution in [3.8, 4) is 0 Å². The van der Waals surface area contributed by atoms with Crippen molar-refractivity contribution in [1.82, 2.24) is 20.0 Å². The summed E-state index contributed by atoms with van der Waals surface area (Å²) in [5, 5.41) is 18.1. The van der Waals surface area contributed by atoms with E-state index in [0.29, 0.717) is 6.04 Å². The minimum atomic E-state index is -0.381. The van der Waals surface area contributed by atoms with Gasteiger partial charge in [-0.3, -0.25) is 9.58 Å². The first-order valence-electron chi connectivity index (χ1n) is 8.34. The first kappa shape index (κ1) is 17.7. The van der Waals surface area contributed by atoms with Gasteiger partial charge in [-0.1, -0.05) is 0 Å². The third-order valence-electron chi connectivity index (χ3n) is 5.00. The molecule has 0 saturated carbocycles. The van der Waals surface area contributed by atoms with Crippen LogP contribution in [-0.2, 0) is 7.05 Å². The lowest BCUT2D eigenvalue weighted by molar-refractivity contribution is 0.110. The van der Waals surface area contributed by atoms with E-state index >= 15 is 0 Å². The molecule has 2 aliphatic rings. The van der Waals surface area contributed by atoms with Crippen molar-refractivity contribution in [1.29, 1.82) is 0 Å². The fraction of sp³-hybridized carbons (Fsp3) is 0.812. The molecule has 3 heterocycles. The number of piperidine rings is 1. The summed E-state index contributed by atoms with van der Waals surface area (Å²) in [6.07, 6.45) is 9.31. The van der Waals surface area contributed by atoms with E-state index < -0.39 is 0 Å². The quantitative estimate of drug-likeness (QED) is 0.864. The molecule has 0 bridgehead atoms. The molecule has 0 radical (unpaired) electrons. The van der Waals surface area contributed by atoms with E-state index in [9.17, 15) is 5.11 Å². The molecule has 1 aromatic rings. The molecular weight excluding hydrogens is 300 g/mol. The van der Waals surface area contributed by atoms with Gasteiger partial charge in [0, 0.05) is 31.4 Å². The number of aromatic nitrogens is 2. The summed E-state index contributed by atoms with van der Waals surface area (Å²) in [5.41, 5.74) is 0.948. The van der Waals surface area contributed by atoms with E-state index in [1.807, 2.05) is 13.2 Å². The van der Waals surface area contributed by atoms with Gasteiger partial charge in [-0.05, 0) is 57.7 Å². The molecule has 0 aliphatic carbocycles. The molecule has 2 aliphatic heterocycles. The van der Waals surface area contributed by atoms with Crippen LogP contribution < -0.4 is 5.32 Å². The van der Waals surface area contributed by atoms with Gasteiger partial charge in [0.1, 0.15) is 0 Å². The van der Waals surface area contributed by atoms with Crippen LogP contribution in [0.3, 0.4) is 0 Å². The summed E-state index contributed by atoms with van der Waals surface area (Å²) < 4.78 is 1.76. The second-order valence-corrected chi connectivity index (χ2v) is 6.70. The predicted octanol–water partition coefficient (Wildman–Crippen LogP) is 1.73. The Kier molecular flexibility index (Phi) is 6.68. The van der Waals surface area contributed by atoms with E-state index in [0.717, 1.165) is 24.4 Å². The van der Waals surface area contributed by atoms with Crippen molar-refractivity contribution in [3.63, 3.8) is 0 Å². The average Bonchev–Trinajstić information content (AvgIpc) is 3.10. The fourth-order valence-corrected chi connectivity index (χ4v) is 3.82. The Labute approximate surface area is 139 Å². The van der Waals surface area contributed by atoms with Crippen LogP contribution in [0.2, 0.25) is 0 Å². The van der Waals surface area contributed by atoms with Crippen LogP contribution in [0.15, 0.2) is 12.4 Å². The average molecular weight is 329 g/mol. The Morgan fingerprint density at radius 1 is 1.41 bits per heavy atom. The third kappa shape index (κ3) is 4.44. The number of rotatable bonds is 5. The number of nitrogens with one attached hydrogen (secondary N) is 1. The third-order valence-corrected chi connectivity index (χ3v) is 5.00. The number of hydrogen-bond donors (Lipinski definition) is 2. The summed E-state index contributed by atoms with van der Waals surface area (Å²) >= 11 is 0. The van der Waals surface area contributed by atoms with E-state index in [2.05, 4.69) is 15.3 Å². The number of aryl methyl sites for hydroxylation is 1. The first-order valence-corrected chi connectivity index (χ1v) is 8.34. The van der Waals surface area contributed by atoms with Crippen molar-refractivity contribution >= 4 is 12.4 Å². The van der Waals surface area contributed by atoms with Gasteiger partial charge in [0.2, 0.25) is 0 Å². The highest BCUT2D eigenvalue weighted by atomic mass is 35.5. The van der Waals surface area contributed by atoms with E-state index in [1.165, 1.54) is 45.3 Å². The van der Waals surface area contributed by atoms with Crippen molar-refractivity contribution in [2.75, 3.05) is 26.2 Å².